The Balaban J connectivity index is 1.83. The highest BCUT2D eigenvalue weighted by molar-refractivity contribution is 5.96. The van der Waals surface area contributed by atoms with Crippen LogP contribution in [-0.4, -0.2) is 40.6 Å². The summed E-state index contributed by atoms with van der Waals surface area (Å²) < 4.78 is 13.8. The molecule has 182 valence electrons. The minimum absolute atomic E-state index is 0.0131. The third-order valence-corrected chi connectivity index (χ3v) is 5.95. The van der Waals surface area contributed by atoms with Gasteiger partial charge >= 0.3 is 0 Å². The molecule has 0 saturated carbocycles. The smallest absolute Gasteiger partial charge is 0.267 e. The highest BCUT2D eigenvalue weighted by Crippen LogP contribution is 2.27. The first kappa shape index (κ1) is 24.0. The maximum atomic E-state index is 13.3. The lowest BCUT2D eigenvalue weighted by Crippen LogP contribution is -2.35. The van der Waals surface area contributed by atoms with Gasteiger partial charge in [-0.3, -0.25) is 19.4 Å². The molecule has 9 nitrogen and oxygen atoms in total. The number of hydrogen-bond acceptors (Lipinski definition) is 6. The topological polar surface area (TPSA) is 111 Å². The average Bonchev–Trinajstić information content (AvgIpc) is 2.88. The monoisotopic (exact) mass is 475 g/mol. The SMILES string of the molecule is CCCCNC(=O)c1cc2c(=O)n3ccccc3nc2n(CCc2ccc(OC)c(OC)c2)c1=N. The highest BCUT2D eigenvalue weighted by atomic mass is 16.5. The molecule has 3 aromatic heterocycles. The van der Waals surface area contributed by atoms with Gasteiger partial charge in [-0.25, -0.2) is 4.98 Å². The van der Waals surface area contributed by atoms with E-state index in [0.717, 1.165) is 18.4 Å². The zero-order valence-corrected chi connectivity index (χ0v) is 20.1. The van der Waals surface area contributed by atoms with Crippen molar-refractivity contribution in [1.29, 1.82) is 5.41 Å². The molecule has 3 heterocycles. The van der Waals surface area contributed by atoms with Gasteiger partial charge in [0.1, 0.15) is 16.8 Å². The highest BCUT2D eigenvalue weighted by Gasteiger charge is 2.17. The van der Waals surface area contributed by atoms with Crippen LogP contribution in [0, 0.1) is 5.41 Å². The number of carbonyl (C=O) groups excluding carboxylic acids is 1. The van der Waals surface area contributed by atoms with Crippen molar-refractivity contribution in [2.45, 2.75) is 32.7 Å². The van der Waals surface area contributed by atoms with E-state index in [-0.39, 0.29) is 27.9 Å². The zero-order valence-electron chi connectivity index (χ0n) is 20.1. The number of unbranched alkanes of at least 4 members (excludes halogenated alkanes) is 1. The standard InChI is InChI=1S/C26H29N5O4/c1-4-5-12-28-25(32)18-16-19-24(29-22-8-6-7-13-30(22)26(19)33)31(23(18)27)14-11-17-9-10-20(34-2)21(15-17)35-3/h6-10,13,15-16,27H,4-5,11-12,14H2,1-3H3,(H,28,32). The second kappa shape index (κ2) is 10.4. The van der Waals surface area contributed by atoms with Crippen molar-refractivity contribution in [2.24, 2.45) is 0 Å². The largest absolute Gasteiger partial charge is 0.493 e. The lowest BCUT2D eigenvalue weighted by atomic mass is 10.1. The predicted octanol–water partition coefficient (Wildman–Crippen LogP) is 2.92. The molecule has 1 aromatic carbocycles. The Morgan fingerprint density at radius 2 is 1.91 bits per heavy atom. The Morgan fingerprint density at radius 1 is 1.11 bits per heavy atom. The Hall–Kier alpha value is -4.14. The molecule has 0 radical (unpaired) electrons. The lowest BCUT2D eigenvalue weighted by Gasteiger charge is -2.15. The van der Waals surface area contributed by atoms with Gasteiger partial charge in [-0.2, -0.15) is 0 Å². The average molecular weight is 476 g/mol. The molecule has 1 amide bonds. The molecular weight excluding hydrogens is 446 g/mol. The summed E-state index contributed by atoms with van der Waals surface area (Å²) in [6.45, 7) is 2.89. The summed E-state index contributed by atoms with van der Waals surface area (Å²) in [4.78, 5) is 30.9. The fraction of sp³-hybridized carbons (Fsp3) is 0.308. The Morgan fingerprint density at radius 3 is 2.66 bits per heavy atom. The Labute approximate surface area is 202 Å². The number of pyridine rings is 2. The van der Waals surface area contributed by atoms with E-state index in [1.807, 2.05) is 25.1 Å². The first-order valence-electron chi connectivity index (χ1n) is 11.6. The summed E-state index contributed by atoms with van der Waals surface area (Å²) in [7, 11) is 3.16. The quantitative estimate of drug-likeness (QED) is 0.286. The molecule has 0 fully saturated rings. The molecule has 0 aliphatic carbocycles. The minimum Gasteiger partial charge on any atom is -0.493 e. The maximum absolute atomic E-state index is 13.3. The van der Waals surface area contributed by atoms with E-state index in [1.54, 1.807) is 43.2 Å². The number of hydrogen-bond donors (Lipinski definition) is 2. The van der Waals surface area contributed by atoms with E-state index in [1.165, 1.54) is 10.5 Å². The van der Waals surface area contributed by atoms with E-state index >= 15 is 0 Å². The van der Waals surface area contributed by atoms with Crippen LogP contribution < -0.4 is 25.8 Å². The van der Waals surface area contributed by atoms with Crippen LogP contribution in [-0.2, 0) is 13.0 Å². The number of nitrogens with zero attached hydrogens (tertiary/aromatic N) is 3. The number of amides is 1. The normalized spacial score (nSPS) is 11.1. The van der Waals surface area contributed by atoms with Crippen molar-refractivity contribution in [2.75, 3.05) is 20.8 Å². The van der Waals surface area contributed by atoms with E-state index in [4.69, 9.17) is 14.9 Å². The van der Waals surface area contributed by atoms with Crippen molar-refractivity contribution in [3.05, 3.63) is 75.6 Å². The van der Waals surface area contributed by atoms with Crippen LogP contribution in [0.15, 0.2) is 53.5 Å². The number of methoxy groups -OCH3 is 2. The summed E-state index contributed by atoms with van der Waals surface area (Å²) in [6, 6.07) is 12.4. The third-order valence-electron chi connectivity index (χ3n) is 5.95. The van der Waals surface area contributed by atoms with Crippen LogP contribution in [0.5, 0.6) is 11.5 Å². The molecule has 0 bridgehead atoms. The van der Waals surface area contributed by atoms with Crippen LogP contribution >= 0.6 is 0 Å². The summed E-state index contributed by atoms with van der Waals surface area (Å²) in [5.74, 6) is 0.864. The second-order valence-electron chi connectivity index (χ2n) is 8.19. The number of carbonyl (C=O) groups is 1. The molecule has 9 heteroatoms. The maximum Gasteiger partial charge on any atom is 0.267 e. The van der Waals surface area contributed by atoms with Gasteiger partial charge < -0.3 is 19.4 Å². The van der Waals surface area contributed by atoms with Crippen molar-refractivity contribution in [1.82, 2.24) is 19.3 Å². The van der Waals surface area contributed by atoms with Gasteiger partial charge in [0.05, 0.1) is 25.2 Å². The number of aromatic nitrogens is 3. The number of nitrogens with one attached hydrogen (secondary N) is 2. The Kier molecular flexibility index (Phi) is 7.14. The Bertz CT molecular complexity index is 1510. The molecule has 0 aliphatic heterocycles. The van der Waals surface area contributed by atoms with Gasteiger partial charge in [-0.1, -0.05) is 25.5 Å². The van der Waals surface area contributed by atoms with E-state index in [9.17, 15) is 9.59 Å². The molecule has 4 rings (SSSR count). The van der Waals surface area contributed by atoms with Gasteiger partial charge in [0.15, 0.2) is 11.5 Å². The molecule has 2 N–H and O–H groups in total. The van der Waals surface area contributed by atoms with E-state index in [2.05, 4.69) is 10.3 Å². The fourth-order valence-corrected chi connectivity index (χ4v) is 4.03. The van der Waals surface area contributed by atoms with Gasteiger partial charge in [0.2, 0.25) is 0 Å². The third kappa shape index (κ3) is 4.75. The first-order valence-corrected chi connectivity index (χ1v) is 11.6. The minimum atomic E-state index is -0.372. The van der Waals surface area contributed by atoms with E-state index < -0.39 is 0 Å². The predicted molar refractivity (Wildman–Crippen MR) is 133 cm³/mol. The van der Waals surface area contributed by atoms with Gasteiger partial charge in [0, 0.05) is 19.3 Å². The molecule has 0 aliphatic rings. The van der Waals surface area contributed by atoms with Crippen LogP contribution in [0.3, 0.4) is 0 Å². The number of fused-ring (bicyclic) bond motifs is 2. The fourth-order valence-electron chi connectivity index (χ4n) is 4.03. The van der Waals surface area contributed by atoms with Gasteiger partial charge in [-0.15, -0.1) is 0 Å². The van der Waals surface area contributed by atoms with Crippen molar-refractivity contribution >= 4 is 22.6 Å². The number of benzene rings is 1. The summed E-state index contributed by atoms with van der Waals surface area (Å²) in [5.41, 5.74) is 1.68. The van der Waals surface area contributed by atoms with Crippen LogP contribution in [0.1, 0.15) is 35.7 Å². The van der Waals surface area contributed by atoms with Gasteiger partial charge in [-0.05, 0) is 48.7 Å². The molecule has 35 heavy (non-hydrogen) atoms. The molecule has 0 saturated heterocycles. The number of aryl methyl sites for hydroxylation is 2. The number of rotatable bonds is 9. The molecule has 0 unspecified atom stereocenters. The van der Waals surface area contributed by atoms with Crippen LogP contribution in [0.4, 0.5) is 0 Å². The van der Waals surface area contributed by atoms with Crippen molar-refractivity contribution < 1.29 is 14.3 Å². The molecule has 0 spiro atoms. The van der Waals surface area contributed by atoms with E-state index in [0.29, 0.717) is 42.3 Å². The zero-order chi connectivity index (χ0) is 24.9. The van der Waals surface area contributed by atoms with Crippen LogP contribution in [0.2, 0.25) is 0 Å². The summed E-state index contributed by atoms with van der Waals surface area (Å²) in [6.07, 6.45) is 3.95. The van der Waals surface area contributed by atoms with Crippen molar-refractivity contribution in [3.8, 4) is 11.5 Å². The number of ether oxygens (including phenoxy) is 2. The summed E-state index contributed by atoms with van der Waals surface area (Å²) >= 11 is 0. The first-order chi connectivity index (χ1) is 17.0. The summed E-state index contributed by atoms with van der Waals surface area (Å²) in [5, 5.41) is 12.0. The van der Waals surface area contributed by atoms with Gasteiger partial charge in [0.25, 0.3) is 11.5 Å². The second-order valence-corrected chi connectivity index (χ2v) is 8.19. The molecule has 4 aromatic rings. The molecule has 0 atom stereocenters. The molecular formula is C26H29N5O4. The van der Waals surface area contributed by atoms with Crippen LogP contribution in [0.25, 0.3) is 16.7 Å². The van der Waals surface area contributed by atoms with Crippen molar-refractivity contribution in [3.63, 3.8) is 0 Å². The lowest BCUT2D eigenvalue weighted by molar-refractivity contribution is 0.0950.